The van der Waals surface area contributed by atoms with Gasteiger partial charge in [-0.25, -0.2) is 14.0 Å². The summed E-state index contributed by atoms with van der Waals surface area (Å²) in [7, 11) is 0. The van der Waals surface area contributed by atoms with Crippen LogP contribution in [0, 0.1) is 5.82 Å². The van der Waals surface area contributed by atoms with Crippen LogP contribution in [0.5, 0.6) is 0 Å². The Morgan fingerprint density at radius 2 is 2.15 bits per heavy atom. The minimum absolute atomic E-state index is 0.0869. The highest BCUT2D eigenvalue weighted by Gasteiger charge is 2.12. The first-order valence-corrected chi connectivity index (χ1v) is 6.12. The smallest absolute Gasteiger partial charge is 0.335 e. The van der Waals surface area contributed by atoms with Crippen molar-refractivity contribution >= 4 is 17.7 Å². The third-order valence-corrected chi connectivity index (χ3v) is 2.41. The van der Waals surface area contributed by atoms with E-state index in [0.29, 0.717) is 13.2 Å². The van der Waals surface area contributed by atoms with Crippen molar-refractivity contribution in [3.63, 3.8) is 0 Å². The van der Waals surface area contributed by atoms with E-state index in [2.05, 4.69) is 10.6 Å². The topological polar surface area (TPSA) is 87.7 Å². The largest absolute Gasteiger partial charge is 0.478 e. The molecule has 110 valence electrons. The normalized spacial score (nSPS) is 11.8. The Labute approximate surface area is 115 Å². The first kappa shape index (κ1) is 15.9. The van der Waals surface area contributed by atoms with Gasteiger partial charge in [-0.15, -0.1) is 0 Å². The molecule has 0 spiro atoms. The summed E-state index contributed by atoms with van der Waals surface area (Å²) >= 11 is 0. The van der Waals surface area contributed by atoms with E-state index in [9.17, 15) is 14.0 Å². The van der Waals surface area contributed by atoms with Gasteiger partial charge >= 0.3 is 12.0 Å². The minimum Gasteiger partial charge on any atom is -0.478 e. The highest BCUT2D eigenvalue weighted by Crippen LogP contribution is 2.15. The second kappa shape index (κ2) is 7.44. The van der Waals surface area contributed by atoms with Crippen LogP contribution < -0.4 is 10.6 Å². The molecule has 2 amide bonds. The predicted octanol–water partition coefficient (Wildman–Crippen LogP) is 2.07. The van der Waals surface area contributed by atoms with E-state index in [0.717, 1.165) is 6.07 Å². The van der Waals surface area contributed by atoms with E-state index < -0.39 is 17.8 Å². The molecule has 6 nitrogen and oxygen atoms in total. The summed E-state index contributed by atoms with van der Waals surface area (Å²) in [5.41, 5.74) is -0.269. The molecule has 3 N–H and O–H groups in total. The summed E-state index contributed by atoms with van der Waals surface area (Å²) < 4.78 is 18.7. The van der Waals surface area contributed by atoms with Crippen molar-refractivity contribution < 1.29 is 23.8 Å². The van der Waals surface area contributed by atoms with Gasteiger partial charge in [0.15, 0.2) is 0 Å². The fourth-order valence-corrected chi connectivity index (χ4v) is 1.47. The number of halogens is 1. The summed E-state index contributed by atoms with van der Waals surface area (Å²) in [5.74, 6) is -2.04. The molecule has 1 rings (SSSR count). The van der Waals surface area contributed by atoms with E-state index in [1.165, 1.54) is 12.1 Å². The van der Waals surface area contributed by atoms with Gasteiger partial charge in [-0.1, -0.05) is 0 Å². The summed E-state index contributed by atoms with van der Waals surface area (Å²) in [4.78, 5) is 22.2. The number of carboxylic acids is 1. The number of anilines is 1. The van der Waals surface area contributed by atoms with Gasteiger partial charge < -0.3 is 20.5 Å². The van der Waals surface area contributed by atoms with Gasteiger partial charge in [0.25, 0.3) is 0 Å². The summed E-state index contributed by atoms with van der Waals surface area (Å²) in [6, 6.07) is 2.45. The quantitative estimate of drug-likeness (QED) is 0.746. The van der Waals surface area contributed by atoms with Gasteiger partial charge in [0, 0.05) is 6.61 Å². The number of benzene rings is 1. The van der Waals surface area contributed by atoms with E-state index in [1.54, 1.807) is 6.92 Å². The SMILES string of the molecule is CCOCC(C)NC(=O)Nc1ccc(C(=O)O)cc1F. The van der Waals surface area contributed by atoms with E-state index in [1.807, 2.05) is 6.92 Å². The number of hydrogen-bond donors (Lipinski definition) is 3. The second-order valence-electron chi connectivity index (χ2n) is 4.16. The molecule has 1 atom stereocenters. The zero-order valence-electron chi connectivity index (χ0n) is 11.3. The number of carboxylic acid groups (broad SMARTS) is 1. The Kier molecular flexibility index (Phi) is 5.92. The van der Waals surface area contributed by atoms with Gasteiger partial charge in [-0.3, -0.25) is 0 Å². The number of hydrogen-bond acceptors (Lipinski definition) is 3. The van der Waals surface area contributed by atoms with E-state index in [-0.39, 0.29) is 17.3 Å². The highest BCUT2D eigenvalue weighted by molar-refractivity contribution is 5.91. The van der Waals surface area contributed by atoms with Crippen molar-refractivity contribution in [2.75, 3.05) is 18.5 Å². The third-order valence-electron chi connectivity index (χ3n) is 2.41. The van der Waals surface area contributed by atoms with Crippen LogP contribution in [0.4, 0.5) is 14.9 Å². The highest BCUT2D eigenvalue weighted by atomic mass is 19.1. The standard InChI is InChI=1S/C13H17FN2O4/c1-3-20-7-8(2)15-13(19)16-11-5-4-9(12(17)18)6-10(11)14/h4-6,8H,3,7H2,1-2H3,(H,17,18)(H2,15,16,19). The van der Waals surface area contributed by atoms with Crippen LogP contribution in [-0.4, -0.2) is 36.4 Å². The second-order valence-corrected chi connectivity index (χ2v) is 4.16. The number of nitrogens with one attached hydrogen (secondary N) is 2. The average molecular weight is 284 g/mol. The van der Waals surface area contributed by atoms with Crippen LogP contribution in [0.1, 0.15) is 24.2 Å². The van der Waals surface area contributed by atoms with Gasteiger partial charge in [-0.2, -0.15) is 0 Å². The molecule has 1 aromatic carbocycles. The Bertz CT molecular complexity index is 493. The lowest BCUT2D eigenvalue weighted by molar-refractivity contribution is 0.0696. The molecule has 0 fully saturated rings. The van der Waals surface area contributed by atoms with Crippen LogP contribution >= 0.6 is 0 Å². The molecule has 20 heavy (non-hydrogen) atoms. The number of carbonyl (C=O) groups excluding carboxylic acids is 1. The maximum absolute atomic E-state index is 13.6. The van der Waals surface area contributed by atoms with Gasteiger partial charge in [-0.05, 0) is 32.0 Å². The molecule has 0 aromatic heterocycles. The van der Waals surface area contributed by atoms with E-state index >= 15 is 0 Å². The molecule has 0 heterocycles. The lowest BCUT2D eigenvalue weighted by atomic mass is 10.2. The van der Waals surface area contributed by atoms with Crippen LogP contribution in [0.15, 0.2) is 18.2 Å². The molecule has 0 aliphatic heterocycles. The minimum atomic E-state index is -1.23. The summed E-state index contributed by atoms with van der Waals surface area (Å²) in [6.07, 6.45) is 0. The van der Waals surface area contributed by atoms with Crippen molar-refractivity contribution in [3.8, 4) is 0 Å². The fraction of sp³-hybridized carbons (Fsp3) is 0.385. The maximum atomic E-state index is 13.6. The molecule has 0 bridgehead atoms. The van der Waals surface area contributed by atoms with Crippen LogP contribution in [0.3, 0.4) is 0 Å². The Hall–Kier alpha value is -2.15. The van der Waals surface area contributed by atoms with Crippen molar-refractivity contribution in [2.24, 2.45) is 0 Å². The van der Waals surface area contributed by atoms with Crippen LogP contribution in [0.25, 0.3) is 0 Å². The molecule has 1 unspecified atom stereocenters. The lowest BCUT2D eigenvalue weighted by Gasteiger charge is -2.14. The predicted molar refractivity (Wildman–Crippen MR) is 71.5 cm³/mol. The molecule has 0 radical (unpaired) electrons. The summed E-state index contributed by atoms with van der Waals surface area (Å²) in [5, 5.41) is 13.6. The molecule has 0 saturated carbocycles. The van der Waals surface area contributed by atoms with Gasteiger partial charge in [0.05, 0.1) is 23.9 Å². The number of ether oxygens (including phenoxy) is 1. The number of carbonyl (C=O) groups is 2. The zero-order chi connectivity index (χ0) is 15.1. The molecule has 0 aliphatic rings. The molecule has 1 aromatic rings. The Balaban J connectivity index is 2.60. The molecule has 0 aliphatic carbocycles. The number of rotatable bonds is 6. The fourth-order valence-electron chi connectivity index (χ4n) is 1.47. The number of urea groups is 1. The van der Waals surface area contributed by atoms with Gasteiger partial charge in [0.2, 0.25) is 0 Å². The molecule has 0 saturated heterocycles. The van der Waals surface area contributed by atoms with Crippen molar-refractivity contribution in [2.45, 2.75) is 19.9 Å². The maximum Gasteiger partial charge on any atom is 0.335 e. The zero-order valence-corrected chi connectivity index (χ0v) is 11.3. The number of amides is 2. The van der Waals surface area contributed by atoms with Crippen molar-refractivity contribution in [1.82, 2.24) is 5.32 Å². The van der Waals surface area contributed by atoms with Crippen LogP contribution in [-0.2, 0) is 4.74 Å². The Morgan fingerprint density at radius 3 is 2.70 bits per heavy atom. The summed E-state index contributed by atoms with van der Waals surface area (Å²) in [6.45, 7) is 4.48. The van der Waals surface area contributed by atoms with Crippen LogP contribution in [0.2, 0.25) is 0 Å². The first-order valence-electron chi connectivity index (χ1n) is 6.12. The third kappa shape index (κ3) is 4.85. The Morgan fingerprint density at radius 1 is 1.45 bits per heavy atom. The molecule has 7 heteroatoms. The molecular weight excluding hydrogens is 267 g/mol. The number of aromatic carboxylic acids is 1. The average Bonchev–Trinajstić information content (AvgIpc) is 2.38. The molecular formula is C13H17FN2O4. The van der Waals surface area contributed by atoms with Gasteiger partial charge in [0.1, 0.15) is 5.82 Å². The lowest BCUT2D eigenvalue weighted by Crippen LogP contribution is -2.39. The van der Waals surface area contributed by atoms with E-state index in [4.69, 9.17) is 9.84 Å². The first-order chi connectivity index (χ1) is 9.43. The monoisotopic (exact) mass is 284 g/mol. The van der Waals surface area contributed by atoms with Crippen molar-refractivity contribution in [1.29, 1.82) is 0 Å². The van der Waals surface area contributed by atoms with Crippen molar-refractivity contribution in [3.05, 3.63) is 29.6 Å².